The molecule has 3 aromatic rings. The molecule has 8 heteroatoms. The second kappa shape index (κ2) is 5.97. The highest BCUT2D eigenvalue weighted by Crippen LogP contribution is 2.15. The van der Waals surface area contributed by atoms with Crippen molar-refractivity contribution in [1.29, 1.82) is 0 Å². The second-order valence-corrected chi connectivity index (χ2v) is 5.81. The molecule has 1 amide bonds. The van der Waals surface area contributed by atoms with Gasteiger partial charge in [-0.05, 0) is 12.1 Å². The molecule has 0 bridgehead atoms. The van der Waals surface area contributed by atoms with Crippen LogP contribution in [-0.2, 0) is 19.5 Å². The monoisotopic (exact) mass is 326 g/mol. The van der Waals surface area contributed by atoms with Crippen LogP contribution in [0.25, 0.3) is 11.0 Å². The SMILES string of the molecule is O=C(NCCn1c(=O)[nH]c2ccccc21)c1n[nH]c2c1CNCC2. The van der Waals surface area contributed by atoms with Crippen LogP contribution >= 0.6 is 0 Å². The molecule has 0 saturated carbocycles. The van der Waals surface area contributed by atoms with E-state index < -0.39 is 0 Å². The van der Waals surface area contributed by atoms with Crippen LogP contribution in [0.3, 0.4) is 0 Å². The highest BCUT2D eigenvalue weighted by molar-refractivity contribution is 5.94. The quantitative estimate of drug-likeness (QED) is 0.546. The average Bonchev–Trinajstić information content (AvgIpc) is 3.16. The zero-order valence-electron chi connectivity index (χ0n) is 13.1. The van der Waals surface area contributed by atoms with E-state index in [2.05, 4.69) is 25.8 Å². The number of carbonyl (C=O) groups excluding carboxylic acids is 1. The maximum absolute atomic E-state index is 12.3. The van der Waals surface area contributed by atoms with Gasteiger partial charge >= 0.3 is 5.69 Å². The Morgan fingerprint density at radius 2 is 2.21 bits per heavy atom. The van der Waals surface area contributed by atoms with Crippen molar-refractivity contribution in [3.63, 3.8) is 0 Å². The van der Waals surface area contributed by atoms with Crippen LogP contribution in [0.15, 0.2) is 29.1 Å². The van der Waals surface area contributed by atoms with Crippen LogP contribution in [0.4, 0.5) is 0 Å². The lowest BCUT2D eigenvalue weighted by Crippen LogP contribution is -2.32. The van der Waals surface area contributed by atoms with Gasteiger partial charge in [0.2, 0.25) is 0 Å². The van der Waals surface area contributed by atoms with Gasteiger partial charge in [-0.25, -0.2) is 4.79 Å². The largest absolute Gasteiger partial charge is 0.349 e. The summed E-state index contributed by atoms with van der Waals surface area (Å²) in [4.78, 5) is 27.1. The van der Waals surface area contributed by atoms with E-state index in [1.807, 2.05) is 24.3 Å². The van der Waals surface area contributed by atoms with E-state index >= 15 is 0 Å². The summed E-state index contributed by atoms with van der Waals surface area (Å²) in [5.41, 5.74) is 3.84. The van der Waals surface area contributed by atoms with Crippen molar-refractivity contribution in [1.82, 2.24) is 30.4 Å². The number of carbonyl (C=O) groups is 1. The lowest BCUT2D eigenvalue weighted by Gasteiger charge is -2.12. The molecule has 1 aliphatic heterocycles. The number of hydrogen-bond donors (Lipinski definition) is 4. The molecular weight excluding hydrogens is 308 g/mol. The molecule has 8 nitrogen and oxygen atoms in total. The molecule has 0 unspecified atom stereocenters. The fraction of sp³-hybridized carbons (Fsp3) is 0.312. The Bertz CT molecular complexity index is 951. The number of hydrogen-bond acceptors (Lipinski definition) is 4. The third-order valence-corrected chi connectivity index (χ3v) is 4.32. The van der Waals surface area contributed by atoms with Gasteiger partial charge in [0.25, 0.3) is 5.91 Å². The number of nitrogens with zero attached hydrogens (tertiary/aromatic N) is 2. The number of para-hydroxylation sites is 2. The smallest absolute Gasteiger partial charge is 0.326 e. The zero-order valence-corrected chi connectivity index (χ0v) is 13.1. The van der Waals surface area contributed by atoms with Crippen LogP contribution in [-0.4, -0.2) is 38.7 Å². The number of imidazole rings is 1. The minimum absolute atomic E-state index is 0.174. The Morgan fingerprint density at radius 3 is 3.12 bits per heavy atom. The van der Waals surface area contributed by atoms with Gasteiger partial charge in [0, 0.05) is 43.9 Å². The number of nitrogens with one attached hydrogen (secondary N) is 4. The van der Waals surface area contributed by atoms with Gasteiger partial charge in [-0.15, -0.1) is 0 Å². The Morgan fingerprint density at radius 1 is 1.33 bits per heavy atom. The lowest BCUT2D eigenvalue weighted by molar-refractivity contribution is 0.0946. The highest BCUT2D eigenvalue weighted by Gasteiger charge is 2.21. The van der Waals surface area contributed by atoms with Crippen molar-refractivity contribution in [3.05, 3.63) is 51.7 Å². The van der Waals surface area contributed by atoms with E-state index in [1.165, 1.54) is 0 Å². The van der Waals surface area contributed by atoms with Crippen molar-refractivity contribution in [2.45, 2.75) is 19.5 Å². The van der Waals surface area contributed by atoms with E-state index in [0.717, 1.165) is 35.3 Å². The van der Waals surface area contributed by atoms with Gasteiger partial charge in [0.05, 0.1) is 11.0 Å². The summed E-state index contributed by atoms with van der Waals surface area (Å²) >= 11 is 0. The number of rotatable bonds is 4. The van der Waals surface area contributed by atoms with E-state index in [0.29, 0.717) is 25.3 Å². The Labute approximate surface area is 137 Å². The van der Waals surface area contributed by atoms with Crippen molar-refractivity contribution in [2.75, 3.05) is 13.1 Å². The van der Waals surface area contributed by atoms with E-state index in [9.17, 15) is 9.59 Å². The molecule has 2 aromatic heterocycles. The Hall–Kier alpha value is -2.87. The lowest BCUT2D eigenvalue weighted by atomic mass is 10.1. The fourth-order valence-corrected chi connectivity index (χ4v) is 3.11. The van der Waals surface area contributed by atoms with Crippen molar-refractivity contribution in [2.24, 2.45) is 0 Å². The van der Waals surface area contributed by atoms with Crippen LogP contribution in [0.5, 0.6) is 0 Å². The summed E-state index contributed by atoms with van der Waals surface area (Å²) in [5, 5.41) is 13.1. The van der Waals surface area contributed by atoms with Gasteiger partial charge < -0.3 is 15.6 Å². The van der Waals surface area contributed by atoms with Crippen LogP contribution in [0, 0.1) is 0 Å². The first kappa shape index (κ1) is 14.7. The van der Waals surface area contributed by atoms with Gasteiger partial charge in [0.1, 0.15) is 0 Å². The predicted molar refractivity (Wildman–Crippen MR) is 88.9 cm³/mol. The van der Waals surface area contributed by atoms with Gasteiger partial charge in [-0.2, -0.15) is 5.10 Å². The maximum Gasteiger partial charge on any atom is 0.326 e. The number of benzene rings is 1. The third kappa shape index (κ3) is 2.50. The first-order valence-corrected chi connectivity index (χ1v) is 7.96. The average molecular weight is 326 g/mol. The van der Waals surface area contributed by atoms with E-state index in [4.69, 9.17) is 0 Å². The van der Waals surface area contributed by atoms with Crippen molar-refractivity contribution < 1.29 is 4.79 Å². The standard InChI is InChI=1S/C16H18N6O2/c23-15(14-10-9-17-6-5-11(10)20-21-14)18-7-8-22-13-4-2-1-3-12(13)19-16(22)24/h1-4,17H,5-9H2,(H,18,23)(H,19,24)(H,20,21). The molecule has 24 heavy (non-hydrogen) atoms. The minimum Gasteiger partial charge on any atom is -0.349 e. The third-order valence-electron chi connectivity index (χ3n) is 4.32. The second-order valence-electron chi connectivity index (χ2n) is 5.81. The number of H-pyrrole nitrogens is 2. The minimum atomic E-state index is -0.218. The summed E-state index contributed by atoms with van der Waals surface area (Å²) < 4.78 is 1.62. The molecule has 0 atom stereocenters. The summed E-state index contributed by atoms with van der Waals surface area (Å²) in [5.74, 6) is -0.218. The number of aromatic nitrogens is 4. The predicted octanol–water partition coefficient (Wildman–Crippen LogP) is 0.128. The molecule has 4 N–H and O–H groups in total. The van der Waals surface area contributed by atoms with Gasteiger partial charge in [-0.3, -0.25) is 14.5 Å². The zero-order chi connectivity index (χ0) is 16.5. The first-order valence-electron chi connectivity index (χ1n) is 7.96. The molecule has 0 aliphatic carbocycles. The number of amides is 1. The fourth-order valence-electron chi connectivity index (χ4n) is 3.11. The van der Waals surface area contributed by atoms with E-state index in [-0.39, 0.29) is 11.6 Å². The van der Waals surface area contributed by atoms with Gasteiger partial charge in [0.15, 0.2) is 5.69 Å². The van der Waals surface area contributed by atoms with Gasteiger partial charge in [-0.1, -0.05) is 12.1 Å². The normalized spacial score (nSPS) is 13.8. The molecule has 0 saturated heterocycles. The van der Waals surface area contributed by atoms with Crippen LogP contribution in [0.1, 0.15) is 21.7 Å². The molecular formula is C16H18N6O2. The summed E-state index contributed by atoms with van der Waals surface area (Å²) in [6, 6.07) is 7.49. The molecule has 3 heterocycles. The number of aromatic amines is 2. The highest BCUT2D eigenvalue weighted by atomic mass is 16.2. The van der Waals surface area contributed by atoms with Crippen molar-refractivity contribution >= 4 is 16.9 Å². The Balaban J connectivity index is 1.45. The summed E-state index contributed by atoms with van der Waals surface area (Å²) in [7, 11) is 0. The molecule has 1 aliphatic rings. The topological polar surface area (TPSA) is 108 Å². The molecule has 1 aromatic carbocycles. The molecule has 124 valence electrons. The molecule has 0 fully saturated rings. The first-order chi connectivity index (χ1) is 11.7. The van der Waals surface area contributed by atoms with Crippen LogP contribution < -0.4 is 16.3 Å². The maximum atomic E-state index is 12.3. The Kier molecular flexibility index (Phi) is 3.66. The summed E-state index contributed by atoms with van der Waals surface area (Å²) in [6.45, 7) is 2.30. The molecule has 4 rings (SSSR count). The van der Waals surface area contributed by atoms with Crippen LogP contribution in [0.2, 0.25) is 0 Å². The van der Waals surface area contributed by atoms with E-state index in [1.54, 1.807) is 4.57 Å². The molecule has 0 radical (unpaired) electrons. The number of fused-ring (bicyclic) bond motifs is 2. The van der Waals surface area contributed by atoms with Crippen molar-refractivity contribution in [3.8, 4) is 0 Å². The molecule has 0 spiro atoms. The summed E-state index contributed by atoms with van der Waals surface area (Å²) in [6.07, 6.45) is 0.848.